The van der Waals surface area contributed by atoms with Crippen molar-refractivity contribution in [2.45, 2.75) is 95.8 Å². The van der Waals surface area contributed by atoms with Crippen LogP contribution in [0.4, 0.5) is 17.1 Å². The predicted molar refractivity (Wildman–Crippen MR) is 281 cm³/mol. The highest BCUT2D eigenvalue weighted by Crippen LogP contribution is 2.51. The fourth-order valence-corrected chi connectivity index (χ4v) is 11.9. The van der Waals surface area contributed by atoms with Gasteiger partial charge in [-0.05, 0) is 147 Å². The molecule has 2 amide bonds. The van der Waals surface area contributed by atoms with Gasteiger partial charge in [0.2, 0.25) is 17.5 Å². The lowest BCUT2D eigenvalue weighted by Gasteiger charge is -2.26. The van der Waals surface area contributed by atoms with E-state index in [0.717, 1.165) is 42.9 Å². The Balaban J connectivity index is 0.00000666. The maximum Gasteiger partial charge on any atom is 0.224 e. The second kappa shape index (κ2) is 21.8. The number of allylic oxidation sites excluding steroid dienone is 7. The number of benzene rings is 5. The third-order valence-corrected chi connectivity index (χ3v) is 15.4. The molecular formula is C57H66IN4O3PS. The number of amides is 2. The average Bonchev–Trinajstić information content (AvgIpc) is 3.87. The van der Waals surface area contributed by atoms with Gasteiger partial charge in [0, 0.05) is 84.1 Å². The summed E-state index contributed by atoms with van der Waals surface area (Å²) < 4.78 is 8.11. The van der Waals surface area contributed by atoms with E-state index in [2.05, 4.69) is 184 Å². The number of nitrogens with zero attached hydrogens (tertiary/aromatic N) is 2. The molecule has 5 aromatic carbocycles. The second-order valence-electron chi connectivity index (χ2n) is 18.8. The number of anilines is 2. The maximum absolute atomic E-state index is 12.9. The van der Waals surface area contributed by atoms with E-state index in [1.807, 2.05) is 23.9 Å². The molecule has 7 nitrogen and oxygen atoms in total. The first-order valence-corrected chi connectivity index (χ1v) is 26.7. The number of halogens is 1. The Labute approximate surface area is 421 Å². The lowest BCUT2D eigenvalue weighted by molar-refractivity contribution is -0.433. The summed E-state index contributed by atoms with van der Waals surface area (Å²) in [4.78, 5) is 30.1. The van der Waals surface area contributed by atoms with E-state index in [-0.39, 0.29) is 61.2 Å². The van der Waals surface area contributed by atoms with Crippen molar-refractivity contribution in [2.24, 2.45) is 0 Å². The van der Waals surface area contributed by atoms with Gasteiger partial charge in [-0.3, -0.25) is 9.59 Å². The second-order valence-corrected chi connectivity index (χ2v) is 21.8. The van der Waals surface area contributed by atoms with Crippen LogP contribution in [0.15, 0.2) is 148 Å². The lowest BCUT2D eigenvalue weighted by atomic mass is 9.79. The Morgan fingerprint density at radius 2 is 1.45 bits per heavy atom. The molecule has 8 rings (SSSR count). The van der Waals surface area contributed by atoms with Gasteiger partial charge in [0.1, 0.15) is 6.54 Å². The van der Waals surface area contributed by atoms with Gasteiger partial charge in [0.25, 0.3) is 0 Å². The van der Waals surface area contributed by atoms with Crippen LogP contribution in [-0.4, -0.2) is 61.7 Å². The molecule has 5 aromatic rings. The maximum atomic E-state index is 12.9. The first-order chi connectivity index (χ1) is 31.8. The van der Waals surface area contributed by atoms with Gasteiger partial charge in [-0.1, -0.05) is 92.4 Å². The fourth-order valence-electron chi connectivity index (χ4n) is 10.3. The van der Waals surface area contributed by atoms with Gasteiger partial charge in [0.15, 0.2) is 5.71 Å². The Bertz CT molecular complexity index is 2820. The molecule has 0 spiro atoms. The van der Waals surface area contributed by atoms with Crippen molar-refractivity contribution < 1.29 is 42.7 Å². The van der Waals surface area contributed by atoms with Crippen molar-refractivity contribution in [1.29, 1.82) is 0 Å². The number of carbonyl (C=O) groups excluding carboxylic acids is 2. The summed E-state index contributed by atoms with van der Waals surface area (Å²) in [7, 11) is -0.386. The van der Waals surface area contributed by atoms with Gasteiger partial charge in [0.05, 0.1) is 12.0 Å². The SMILES string of the molecule is CCN1/C(=C/C=C2\CCC(/C=C/C3=[N+](CC)c4ccc5ccccc5c4C3(C)C)=C2Sc2ccc(NC(=O)CCCC(=O)NCCCOP(C)C)cc2)C(C)(C)c2c1ccc1ccccc21.[I-]. The van der Waals surface area contributed by atoms with Crippen molar-refractivity contribution in [3.63, 3.8) is 0 Å². The van der Waals surface area contributed by atoms with E-state index >= 15 is 0 Å². The van der Waals surface area contributed by atoms with Crippen molar-refractivity contribution in [3.05, 3.63) is 154 Å². The first kappa shape index (κ1) is 50.3. The minimum atomic E-state index is -0.386. The smallest absolute Gasteiger partial charge is 0.224 e. The summed E-state index contributed by atoms with van der Waals surface area (Å²) in [6.45, 7) is 21.2. The highest BCUT2D eigenvalue weighted by atomic mass is 127. The zero-order valence-corrected chi connectivity index (χ0v) is 44.3. The largest absolute Gasteiger partial charge is 1.00 e. The molecule has 3 aliphatic rings. The standard InChI is InChI=1S/C57H65N4O3PS.HI/c1-9-60-47-33-25-39-17-11-13-19-45(39)53(47)56(3,4)49(60)35-27-41-23-24-42(28-36-50-57(5,6)54-46-20-14-12-18-40(46)26-34-48(54)61(50)10-2)55(41)66-44-31-29-43(30-32-44)59-52(63)22-15-21-51(62)58-37-16-38-64-65(7)8;/h11-14,17-20,25-36H,9-10,15-16,21-24,37-38H2,1-8H3,(H-,58,59,62,63);1H. The summed E-state index contributed by atoms with van der Waals surface area (Å²) in [6.07, 6.45) is 13.4. The number of hydrogen-bond acceptors (Lipinski definition) is 5. The first-order valence-electron chi connectivity index (χ1n) is 23.8. The number of thioether (sulfide) groups is 1. The zero-order valence-electron chi connectivity index (χ0n) is 40.5. The quantitative estimate of drug-likeness (QED) is 0.0420. The minimum Gasteiger partial charge on any atom is -1.00 e. The highest BCUT2D eigenvalue weighted by Gasteiger charge is 2.45. The van der Waals surface area contributed by atoms with Crippen LogP contribution in [0.5, 0.6) is 0 Å². The summed E-state index contributed by atoms with van der Waals surface area (Å²) in [6, 6.07) is 34.9. The summed E-state index contributed by atoms with van der Waals surface area (Å²) in [5.41, 5.74) is 11.1. The molecule has 0 atom stereocenters. The van der Waals surface area contributed by atoms with Crippen LogP contribution in [-0.2, 0) is 24.9 Å². The number of carbonyl (C=O) groups is 2. The molecule has 0 saturated carbocycles. The molecule has 350 valence electrons. The molecular weight excluding hydrogens is 979 g/mol. The molecule has 0 bridgehead atoms. The van der Waals surface area contributed by atoms with Crippen LogP contribution in [0.2, 0.25) is 0 Å². The van der Waals surface area contributed by atoms with Crippen molar-refractivity contribution in [2.75, 3.05) is 49.8 Å². The highest BCUT2D eigenvalue weighted by molar-refractivity contribution is 8.03. The van der Waals surface area contributed by atoms with Crippen LogP contribution >= 0.6 is 19.9 Å². The van der Waals surface area contributed by atoms with Crippen molar-refractivity contribution in [1.82, 2.24) is 5.32 Å². The molecule has 0 unspecified atom stereocenters. The molecule has 10 heteroatoms. The monoisotopic (exact) mass is 1040 g/mol. The van der Waals surface area contributed by atoms with Gasteiger partial charge in [-0.25, -0.2) is 0 Å². The minimum absolute atomic E-state index is 0. The van der Waals surface area contributed by atoms with E-state index in [9.17, 15) is 9.59 Å². The number of likely N-dealkylation sites (N-methyl/N-ethyl adjacent to an activating group) is 1. The van der Waals surface area contributed by atoms with Crippen LogP contribution in [0.1, 0.15) is 91.2 Å². The zero-order chi connectivity index (χ0) is 46.6. The van der Waals surface area contributed by atoms with E-state index in [0.29, 0.717) is 26.0 Å². The van der Waals surface area contributed by atoms with E-state index in [4.69, 9.17) is 4.52 Å². The molecule has 0 fully saturated rings. The molecule has 2 heterocycles. The Hall–Kier alpha value is -4.54. The van der Waals surface area contributed by atoms with Gasteiger partial charge >= 0.3 is 0 Å². The number of nitrogens with one attached hydrogen (secondary N) is 2. The van der Waals surface area contributed by atoms with Crippen LogP contribution in [0.3, 0.4) is 0 Å². The summed E-state index contributed by atoms with van der Waals surface area (Å²) in [5, 5.41) is 11.2. The van der Waals surface area contributed by atoms with E-state index in [1.54, 1.807) is 0 Å². The van der Waals surface area contributed by atoms with Gasteiger partial charge < -0.3 is 44.0 Å². The Morgan fingerprint density at radius 3 is 2.13 bits per heavy atom. The summed E-state index contributed by atoms with van der Waals surface area (Å²) in [5.74, 6) is -0.116. The molecule has 1 aliphatic carbocycles. The van der Waals surface area contributed by atoms with Crippen LogP contribution in [0.25, 0.3) is 21.5 Å². The topological polar surface area (TPSA) is 73.7 Å². The van der Waals surface area contributed by atoms with Gasteiger partial charge in [-0.15, -0.1) is 0 Å². The molecule has 2 N–H and O–H groups in total. The molecule has 0 saturated heterocycles. The van der Waals surface area contributed by atoms with Crippen molar-refractivity contribution >= 4 is 76.0 Å². The van der Waals surface area contributed by atoms with E-state index < -0.39 is 0 Å². The predicted octanol–water partition coefficient (Wildman–Crippen LogP) is 10.7. The third-order valence-electron chi connectivity index (χ3n) is 13.4. The Kier molecular flexibility index (Phi) is 16.4. The normalized spacial score (nSPS) is 17.4. The summed E-state index contributed by atoms with van der Waals surface area (Å²) >= 11 is 1.81. The Morgan fingerprint density at radius 1 is 0.776 bits per heavy atom. The number of rotatable bonds is 17. The number of fused-ring (bicyclic) bond motifs is 6. The molecule has 0 radical (unpaired) electrons. The van der Waals surface area contributed by atoms with Gasteiger partial charge in [-0.2, -0.15) is 4.58 Å². The van der Waals surface area contributed by atoms with Crippen molar-refractivity contribution in [3.8, 4) is 0 Å². The fraction of sp³-hybridized carbons (Fsp3) is 0.351. The average molecular weight is 1050 g/mol. The molecule has 67 heavy (non-hydrogen) atoms. The molecule has 2 aliphatic heterocycles. The van der Waals surface area contributed by atoms with Crippen LogP contribution < -0.4 is 39.5 Å². The van der Waals surface area contributed by atoms with E-state index in [1.165, 1.54) is 71.5 Å². The lowest BCUT2D eigenvalue weighted by Crippen LogP contribution is -3.00. The van der Waals surface area contributed by atoms with Crippen LogP contribution in [0, 0.1) is 0 Å². The molecule has 0 aromatic heterocycles. The third kappa shape index (κ3) is 10.7. The number of hydrogen-bond donors (Lipinski definition) is 2.